The third-order valence-corrected chi connectivity index (χ3v) is 24.7. The van der Waals surface area contributed by atoms with Crippen molar-refractivity contribution in [3.05, 3.63) is 94.6 Å². The summed E-state index contributed by atoms with van der Waals surface area (Å²) >= 11 is 0. The Labute approximate surface area is 575 Å². The fourth-order valence-corrected chi connectivity index (χ4v) is 19.8. The molecule has 0 spiro atoms. The highest BCUT2D eigenvalue weighted by Gasteiger charge is 2.78. The number of ketones is 1. The lowest BCUT2D eigenvalue weighted by atomic mass is 9.44. The van der Waals surface area contributed by atoms with Gasteiger partial charge in [-0.05, 0) is 161 Å². The van der Waals surface area contributed by atoms with Gasteiger partial charge in [-0.25, -0.2) is 19.2 Å². The van der Waals surface area contributed by atoms with Crippen LogP contribution in [0, 0.1) is 63.1 Å². The molecule has 6 fully saturated rings. The van der Waals surface area contributed by atoms with Gasteiger partial charge >= 0.3 is 30.0 Å². The molecule has 0 aromatic heterocycles. The molecule has 7 aliphatic carbocycles. The van der Waals surface area contributed by atoms with Gasteiger partial charge in [0.2, 0.25) is 6.10 Å². The molecule has 5 saturated carbocycles. The summed E-state index contributed by atoms with van der Waals surface area (Å²) in [6.45, 7) is 25.4. The molecule has 10 rings (SSSR count). The molecule has 97 heavy (non-hydrogen) atoms. The van der Waals surface area contributed by atoms with Crippen LogP contribution >= 0.6 is 0 Å². The third kappa shape index (κ3) is 14.4. The lowest BCUT2D eigenvalue weighted by Gasteiger charge is -2.67. The number of fused-ring (bicyclic) bond motifs is 10. The monoisotopic (exact) mass is 1350 g/mol. The van der Waals surface area contributed by atoms with E-state index in [9.17, 15) is 24.3 Å². The predicted octanol–water partition coefficient (Wildman–Crippen LogP) is 12.6. The van der Waals surface area contributed by atoms with Crippen molar-refractivity contribution in [1.29, 1.82) is 0 Å². The zero-order chi connectivity index (χ0) is 70.2. The molecule has 19 heteroatoms. The normalized spacial score (nSPS) is 35.0. The number of allylic oxidation sites excluding steroid dienone is 1. The summed E-state index contributed by atoms with van der Waals surface area (Å²) < 4.78 is 68.0. The van der Waals surface area contributed by atoms with E-state index in [1.807, 2.05) is 0 Å². The lowest BCUT2D eigenvalue weighted by Crippen LogP contribution is -2.82. The number of rotatable bonds is 25. The van der Waals surface area contributed by atoms with Crippen LogP contribution in [-0.2, 0) is 71.3 Å². The fraction of sp³-hybridized carbons (Fsp3) is 0.718. The summed E-state index contributed by atoms with van der Waals surface area (Å²) in [5.41, 5.74) is -5.02. The van der Waals surface area contributed by atoms with Crippen molar-refractivity contribution in [2.24, 2.45) is 63.1 Å². The number of ether oxygens (including phenoxy) is 11. The van der Waals surface area contributed by atoms with Gasteiger partial charge in [0.1, 0.15) is 48.3 Å². The molecule has 1 aliphatic heterocycles. The van der Waals surface area contributed by atoms with Crippen molar-refractivity contribution in [1.82, 2.24) is 5.32 Å². The number of amides is 1. The van der Waals surface area contributed by atoms with E-state index >= 15 is 9.59 Å². The molecule has 8 aliphatic rings. The van der Waals surface area contributed by atoms with Gasteiger partial charge in [-0.2, -0.15) is 0 Å². The number of esters is 4. The third-order valence-electron chi connectivity index (χ3n) is 24.7. The molecule has 536 valence electrons. The zero-order valence-corrected chi connectivity index (χ0v) is 60.3. The highest BCUT2D eigenvalue weighted by Crippen LogP contribution is 2.69. The maximum absolute atomic E-state index is 16.0. The number of benzene rings is 2. The van der Waals surface area contributed by atoms with Crippen LogP contribution in [0.2, 0.25) is 0 Å². The minimum Gasteiger partial charge on any atom is -0.455 e. The zero-order valence-electron chi connectivity index (χ0n) is 60.3. The molecule has 0 radical (unpaired) electrons. The first-order valence-corrected chi connectivity index (χ1v) is 35.9. The largest absolute Gasteiger partial charge is 0.455 e. The van der Waals surface area contributed by atoms with Crippen LogP contribution in [0.3, 0.4) is 0 Å². The molecule has 5 unspecified atom stereocenters. The minimum absolute atomic E-state index is 0.00701. The van der Waals surface area contributed by atoms with E-state index in [2.05, 4.69) is 46.0 Å². The van der Waals surface area contributed by atoms with Crippen molar-refractivity contribution < 1.29 is 86.0 Å². The van der Waals surface area contributed by atoms with Crippen LogP contribution in [0.25, 0.3) is 0 Å². The van der Waals surface area contributed by atoms with E-state index in [1.165, 1.54) is 72.5 Å². The van der Waals surface area contributed by atoms with Gasteiger partial charge in [-0.3, -0.25) is 9.59 Å². The van der Waals surface area contributed by atoms with Crippen molar-refractivity contribution in [3.63, 3.8) is 0 Å². The van der Waals surface area contributed by atoms with Gasteiger partial charge in [0.15, 0.2) is 11.4 Å². The van der Waals surface area contributed by atoms with Gasteiger partial charge < -0.3 is 62.5 Å². The van der Waals surface area contributed by atoms with Crippen molar-refractivity contribution >= 4 is 35.8 Å². The maximum atomic E-state index is 16.0. The summed E-state index contributed by atoms with van der Waals surface area (Å²) in [6, 6.07) is 15.0. The SMILES string of the molecule is CO[C@H]1C(=O)[C@]2(C)[C@@H](OC)C[C@H]3OC[C@@]3(OC(C)=O)[C@H]2[C@H](OC(=O)c2ccccc2)[C@]2(O)C[C@H](OC(=O)[C@H](OC(=O)COCCOCCO[C@H]3CC[C@@]4(C)C(=CCC5C6CCC(C(C)CCCC(C)C)[C@@]6(C)CCC54)C3)[C@@H](NC(=O)OC(C)(C)C)c3ccccc3)C(C)=C1C2(C)C. The van der Waals surface area contributed by atoms with E-state index in [4.69, 9.17) is 52.1 Å². The first-order valence-electron chi connectivity index (χ1n) is 35.9. The standard InChI is InChI=1S/C78H111NO18/c1-46(2)23-22-24-47(3)55-31-32-56-54-30-29-52-41-53(33-35-74(52,11)57(54)34-36-75(55,56)12)91-40-39-89-37-38-90-44-61(81)94-65(63(50-25-18-16-19-26-50)79-71(85)97-72(6,7)8)70(84)93-58-43-78(86)68(95-69(83)51-27-20-17-21-28-51)66-76(13,67(82)64(88-15)62(48(58)4)73(78,9)10)59(87-14)42-60-77(66,45-92-60)96-49(5)80/h16-21,25-29,46-47,53-60,63-66,68,86H,22-24,30-45H2,1-15H3,(H,79,85)/t47?,53-,54?,55?,56?,57?,58-,59-,60+,63-,64+,65+,66-,68-,74-,75+,76+,77-,78+/m0/s1. The number of aliphatic hydroxyl groups is 1. The Morgan fingerprint density at radius 1 is 0.814 bits per heavy atom. The number of methoxy groups -OCH3 is 2. The summed E-state index contributed by atoms with van der Waals surface area (Å²) in [6.07, 6.45) is 6.72. The number of Topliss-reactive ketones (excluding diaryl/α,β-unsaturated/α-hetero) is 1. The van der Waals surface area contributed by atoms with Gasteiger partial charge in [0.05, 0.1) is 62.1 Å². The number of carbonyl (C=O) groups is 6. The predicted molar refractivity (Wildman–Crippen MR) is 361 cm³/mol. The molecule has 1 saturated heterocycles. The van der Waals surface area contributed by atoms with E-state index in [0.29, 0.717) is 29.8 Å². The van der Waals surface area contributed by atoms with Crippen molar-refractivity contribution in [3.8, 4) is 0 Å². The van der Waals surface area contributed by atoms with Crippen molar-refractivity contribution in [2.75, 3.05) is 53.9 Å². The van der Waals surface area contributed by atoms with Crippen LogP contribution in [-0.4, -0.2) is 154 Å². The first kappa shape index (κ1) is 74.2. The van der Waals surface area contributed by atoms with Crippen LogP contribution in [0.1, 0.15) is 195 Å². The molecule has 19 atom stereocenters. The van der Waals surface area contributed by atoms with E-state index in [1.54, 1.807) is 115 Å². The molecule has 2 aromatic rings. The Morgan fingerprint density at radius 2 is 1.51 bits per heavy atom. The summed E-state index contributed by atoms with van der Waals surface area (Å²) in [5.74, 6) is -0.938. The summed E-state index contributed by atoms with van der Waals surface area (Å²) in [4.78, 5) is 87.6. The minimum atomic E-state index is -2.32. The number of carbonyl (C=O) groups excluding carboxylic acids is 6. The Kier molecular flexibility index (Phi) is 22.6. The summed E-state index contributed by atoms with van der Waals surface area (Å²) in [7, 11) is 2.79. The van der Waals surface area contributed by atoms with E-state index < -0.39 is 125 Å². The lowest BCUT2D eigenvalue weighted by molar-refractivity contribution is -0.347. The van der Waals surface area contributed by atoms with Gasteiger partial charge in [0.25, 0.3) is 0 Å². The topological polar surface area (TPSA) is 236 Å². The first-order chi connectivity index (χ1) is 45.9. The Hall–Kier alpha value is -5.54. The molecule has 19 nitrogen and oxygen atoms in total. The smallest absolute Gasteiger partial charge is 0.408 e. The van der Waals surface area contributed by atoms with Gasteiger partial charge in [-0.15, -0.1) is 0 Å². The highest BCUT2D eigenvalue weighted by atomic mass is 16.6. The Balaban J connectivity index is 0.835. The van der Waals surface area contributed by atoms with Crippen LogP contribution in [0.15, 0.2) is 83.5 Å². The summed E-state index contributed by atoms with van der Waals surface area (Å²) in [5, 5.41) is 16.9. The number of alkyl carbamates (subject to hydrolysis) is 1. The number of nitrogens with one attached hydrogen (secondary N) is 1. The Morgan fingerprint density at radius 3 is 2.15 bits per heavy atom. The second-order valence-electron chi connectivity index (χ2n) is 32.2. The second-order valence-corrected chi connectivity index (χ2v) is 32.2. The van der Waals surface area contributed by atoms with Crippen LogP contribution in [0.5, 0.6) is 0 Å². The van der Waals surface area contributed by atoms with Gasteiger partial charge in [0, 0.05) is 39.4 Å². The molecule has 1 heterocycles. The van der Waals surface area contributed by atoms with Crippen LogP contribution < -0.4 is 5.32 Å². The average molecular weight is 1350 g/mol. The van der Waals surface area contributed by atoms with E-state index in [0.717, 1.165) is 54.8 Å². The molecular formula is C78H111NO18. The fourth-order valence-electron chi connectivity index (χ4n) is 19.8. The highest BCUT2D eigenvalue weighted by molar-refractivity contribution is 5.94. The second kappa shape index (κ2) is 29.6. The Bertz CT molecular complexity index is 3210. The van der Waals surface area contributed by atoms with Crippen LogP contribution in [0.4, 0.5) is 4.79 Å². The number of hydrogen-bond donors (Lipinski definition) is 2. The molecule has 2 N–H and O–H groups in total. The average Bonchev–Trinajstić information content (AvgIpc) is 1.41. The molecule has 1 amide bonds. The molecule has 2 bridgehead atoms. The van der Waals surface area contributed by atoms with Gasteiger partial charge in [-0.1, -0.05) is 128 Å². The van der Waals surface area contributed by atoms with E-state index in [-0.39, 0.29) is 48.9 Å². The molecule has 2 aromatic carbocycles. The molecular weight excluding hydrogens is 1240 g/mol. The number of hydrogen-bond acceptors (Lipinski definition) is 18. The maximum Gasteiger partial charge on any atom is 0.408 e. The van der Waals surface area contributed by atoms with Crippen molar-refractivity contribution in [2.45, 2.75) is 239 Å². The quantitative estimate of drug-likeness (QED) is 0.0407.